The first kappa shape index (κ1) is 19.8. The summed E-state index contributed by atoms with van der Waals surface area (Å²) in [6, 6.07) is 10.3. The zero-order valence-corrected chi connectivity index (χ0v) is 15.1. The van der Waals surface area contributed by atoms with Crippen molar-refractivity contribution in [2.45, 2.75) is 32.2 Å². The van der Waals surface area contributed by atoms with E-state index < -0.39 is 23.6 Å². The molecule has 0 aliphatic carbocycles. The summed E-state index contributed by atoms with van der Waals surface area (Å²) in [4.78, 5) is 11.6. The van der Waals surface area contributed by atoms with E-state index in [1.54, 1.807) is 6.08 Å². The summed E-state index contributed by atoms with van der Waals surface area (Å²) in [6.07, 6.45) is 1.86. The van der Waals surface area contributed by atoms with Gasteiger partial charge in [0.25, 0.3) is 0 Å². The smallest absolute Gasteiger partial charge is 0.322 e. The largest absolute Gasteiger partial charge is 0.468 e. The number of carbonyl (C=O) groups excluding carboxylic acids is 1. The maximum atomic E-state index is 14.4. The molecule has 0 amide bonds. The summed E-state index contributed by atoms with van der Waals surface area (Å²) >= 11 is 0. The third kappa shape index (κ3) is 4.76. The van der Waals surface area contributed by atoms with Gasteiger partial charge in [0.15, 0.2) is 0 Å². The molecule has 0 saturated carbocycles. The topological polar surface area (TPSA) is 52.3 Å². The molecule has 2 aromatic carbocycles. The van der Waals surface area contributed by atoms with Gasteiger partial charge in [0.2, 0.25) is 0 Å². The molecule has 0 aromatic heterocycles. The van der Waals surface area contributed by atoms with Crippen LogP contribution in [-0.4, -0.2) is 19.1 Å². The molecule has 0 heterocycles. The molecular formula is C21H23F2NO2. The predicted molar refractivity (Wildman–Crippen MR) is 98.6 cm³/mol. The maximum Gasteiger partial charge on any atom is 0.322 e. The molecule has 2 N–H and O–H groups in total. The molecule has 0 aliphatic rings. The predicted octanol–water partition coefficient (Wildman–Crippen LogP) is 4.41. The number of methoxy groups -OCH3 is 1. The van der Waals surface area contributed by atoms with Gasteiger partial charge < -0.3 is 10.5 Å². The first-order valence-electron chi connectivity index (χ1n) is 8.42. The van der Waals surface area contributed by atoms with Crippen LogP contribution in [-0.2, 0) is 9.53 Å². The number of benzene rings is 2. The minimum atomic E-state index is -0.855. The number of hydrogen-bond acceptors (Lipinski definition) is 3. The molecule has 2 aromatic rings. The Morgan fingerprint density at radius 3 is 2.54 bits per heavy atom. The van der Waals surface area contributed by atoms with Crippen LogP contribution in [0.25, 0.3) is 5.57 Å². The van der Waals surface area contributed by atoms with E-state index in [4.69, 9.17) is 5.73 Å². The Bertz CT molecular complexity index is 815. The van der Waals surface area contributed by atoms with Crippen molar-refractivity contribution < 1.29 is 18.3 Å². The molecule has 138 valence electrons. The second-order valence-electron chi connectivity index (χ2n) is 6.39. The second kappa shape index (κ2) is 8.72. The quantitative estimate of drug-likeness (QED) is 0.777. The van der Waals surface area contributed by atoms with Gasteiger partial charge in [-0.2, -0.15) is 0 Å². The third-order valence-corrected chi connectivity index (χ3v) is 4.17. The van der Waals surface area contributed by atoms with Gasteiger partial charge in [-0.15, -0.1) is 0 Å². The normalized spacial score (nSPS) is 13.0. The van der Waals surface area contributed by atoms with E-state index in [1.807, 2.05) is 24.3 Å². The van der Waals surface area contributed by atoms with Crippen LogP contribution >= 0.6 is 0 Å². The van der Waals surface area contributed by atoms with Crippen molar-refractivity contribution in [3.05, 3.63) is 76.9 Å². The van der Waals surface area contributed by atoms with Crippen LogP contribution in [0.2, 0.25) is 0 Å². The van der Waals surface area contributed by atoms with E-state index in [2.05, 4.69) is 18.6 Å². The molecule has 1 atom stereocenters. The van der Waals surface area contributed by atoms with E-state index in [9.17, 15) is 13.6 Å². The highest BCUT2D eigenvalue weighted by molar-refractivity contribution is 5.81. The van der Waals surface area contributed by atoms with E-state index in [0.717, 1.165) is 17.2 Å². The van der Waals surface area contributed by atoms with Gasteiger partial charge >= 0.3 is 5.97 Å². The van der Waals surface area contributed by atoms with Gasteiger partial charge in [-0.3, -0.25) is 4.79 Å². The molecule has 0 aliphatic heterocycles. The standard InChI is InChI=1S/C21H23F2NO2/c1-13(2)14-5-4-6-15(11-14)17(9-10-20(24)21(25)26-3)18-8-7-16(22)12-19(18)23/h4-9,11-13,20H,10,24H2,1-3H3. The van der Waals surface area contributed by atoms with E-state index in [-0.39, 0.29) is 12.0 Å². The minimum Gasteiger partial charge on any atom is -0.468 e. The molecular weight excluding hydrogens is 336 g/mol. The molecule has 0 radical (unpaired) electrons. The van der Waals surface area contributed by atoms with Crippen molar-refractivity contribution >= 4 is 11.5 Å². The van der Waals surface area contributed by atoms with Gasteiger partial charge in [-0.25, -0.2) is 8.78 Å². The molecule has 1 unspecified atom stereocenters. The van der Waals surface area contributed by atoms with Crippen LogP contribution in [0.5, 0.6) is 0 Å². The molecule has 0 spiro atoms. The molecule has 0 fully saturated rings. The number of hydrogen-bond donors (Lipinski definition) is 1. The van der Waals surface area contributed by atoms with Crippen molar-refractivity contribution in [1.29, 1.82) is 0 Å². The number of esters is 1. The lowest BCUT2D eigenvalue weighted by molar-refractivity contribution is -0.142. The van der Waals surface area contributed by atoms with Gasteiger partial charge in [0, 0.05) is 11.6 Å². The minimum absolute atomic E-state index is 0.171. The fraction of sp³-hybridized carbons (Fsp3) is 0.286. The highest BCUT2D eigenvalue weighted by atomic mass is 19.1. The number of nitrogens with two attached hydrogens (primary N) is 1. The molecule has 0 bridgehead atoms. The van der Waals surface area contributed by atoms with Crippen LogP contribution in [0, 0.1) is 11.6 Å². The highest BCUT2D eigenvalue weighted by Crippen LogP contribution is 2.29. The zero-order chi connectivity index (χ0) is 19.3. The van der Waals surface area contributed by atoms with Crippen molar-refractivity contribution in [1.82, 2.24) is 0 Å². The van der Waals surface area contributed by atoms with Crippen LogP contribution in [0.3, 0.4) is 0 Å². The first-order chi connectivity index (χ1) is 12.3. The Hall–Kier alpha value is -2.53. The zero-order valence-electron chi connectivity index (χ0n) is 15.1. The molecule has 26 heavy (non-hydrogen) atoms. The summed E-state index contributed by atoms with van der Waals surface area (Å²) in [6.45, 7) is 4.13. The summed E-state index contributed by atoms with van der Waals surface area (Å²) in [5.41, 5.74) is 8.48. The van der Waals surface area contributed by atoms with E-state index in [0.29, 0.717) is 11.5 Å². The van der Waals surface area contributed by atoms with Gasteiger partial charge in [-0.1, -0.05) is 44.2 Å². The SMILES string of the molecule is COC(=O)C(N)CC=C(c1cccc(C(C)C)c1)c1ccc(F)cc1F. The van der Waals surface area contributed by atoms with Gasteiger partial charge in [-0.05, 0) is 41.2 Å². The fourth-order valence-corrected chi connectivity index (χ4v) is 2.65. The number of halogens is 2. The Kier molecular flexibility index (Phi) is 6.64. The van der Waals surface area contributed by atoms with Crippen LogP contribution in [0.1, 0.15) is 42.9 Å². The average Bonchev–Trinajstić information content (AvgIpc) is 2.62. The maximum absolute atomic E-state index is 14.4. The highest BCUT2D eigenvalue weighted by Gasteiger charge is 2.16. The molecule has 5 heteroatoms. The van der Waals surface area contributed by atoms with E-state index in [1.165, 1.54) is 19.2 Å². The van der Waals surface area contributed by atoms with Crippen molar-refractivity contribution in [3.8, 4) is 0 Å². The summed E-state index contributed by atoms with van der Waals surface area (Å²) in [7, 11) is 1.26. The monoisotopic (exact) mass is 359 g/mol. The first-order valence-corrected chi connectivity index (χ1v) is 8.42. The van der Waals surface area contributed by atoms with Crippen LogP contribution in [0.15, 0.2) is 48.5 Å². The Balaban J connectivity index is 2.51. The Morgan fingerprint density at radius 2 is 1.92 bits per heavy atom. The Labute approximate surface area is 152 Å². The van der Waals surface area contributed by atoms with Crippen LogP contribution < -0.4 is 5.73 Å². The lowest BCUT2D eigenvalue weighted by atomic mass is 9.92. The number of carbonyl (C=O) groups is 1. The number of rotatable bonds is 6. The lowest BCUT2D eigenvalue weighted by Crippen LogP contribution is -2.30. The fourth-order valence-electron chi connectivity index (χ4n) is 2.65. The molecule has 2 rings (SSSR count). The Morgan fingerprint density at radius 1 is 1.19 bits per heavy atom. The second-order valence-corrected chi connectivity index (χ2v) is 6.39. The van der Waals surface area contributed by atoms with Crippen molar-refractivity contribution in [2.75, 3.05) is 7.11 Å². The summed E-state index contributed by atoms with van der Waals surface area (Å²) < 4.78 is 32.3. The average molecular weight is 359 g/mol. The van der Waals surface area contributed by atoms with Gasteiger partial charge in [0.1, 0.15) is 17.7 Å². The summed E-state index contributed by atoms with van der Waals surface area (Å²) in [5, 5.41) is 0. The number of ether oxygens (including phenoxy) is 1. The lowest BCUT2D eigenvalue weighted by Gasteiger charge is -2.14. The van der Waals surface area contributed by atoms with E-state index >= 15 is 0 Å². The van der Waals surface area contributed by atoms with Crippen molar-refractivity contribution in [3.63, 3.8) is 0 Å². The molecule has 0 saturated heterocycles. The third-order valence-electron chi connectivity index (χ3n) is 4.17. The summed E-state index contributed by atoms with van der Waals surface area (Å²) in [5.74, 6) is -1.56. The van der Waals surface area contributed by atoms with Gasteiger partial charge in [0.05, 0.1) is 7.11 Å². The molecule has 3 nitrogen and oxygen atoms in total. The van der Waals surface area contributed by atoms with Crippen molar-refractivity contribution in [2.24, 2.45) is 5.73 Å². The van der Waals surface area contributed by atoms with Crippen LogP contribution in [0.4, 0.5) is 8.78 Å².